The van der Waals surface area contributed by atoms with Gasteiger partial charge in [-0.3, -0.25) is 0 Å². The summed E-state index contributed by atoms with van der Waals surface area (Å²) >= 11 is 6.66. The number of benzene rings is 1. The molecule has 106 valence electrons. The molecule has 1 aliphatic heterocycles. The minimum atomic E-state index is -3.40. The standard InChI is InChI=1S/C13H17Br2NO2S/c1-9(2)10-5-6-16(8-10)19(17,18)13-7-11(14)3-4-12(13)15/h3-4,7,9-10H,5-6,8H2,1-2H3. The Balaban J connectivity index is 2.31. The fourth-order valence-electron chi connectivity index (χ4n) is 2.33. The quantitative estimate of drug-likeness (QED) is 0.758. The highest BCUT2D eigenvalue weighted by Crippen LogP contribution is 2.32. The van der Waals surface area contributed by atoms with Crippen LogP contribution in [0.2, 0.25) is 0 Å². The minimum absolute atomic E-state index is 0.339. The van der Waals surface area contributed by atoms with Crippen LogP contribution in [-0.4, -0.2) is 25.8 Å². The summed E-state index contributed by atoms with van der Waals surface area (Å²) in [5.74, 6) is 0.979. The molecule has 1 atom stereocenters. The Morgan fingerprint density at radius 1 is 1.32 bits per heavy atom. The van der Waals surface area contributed by atoms with E-state index in [2.05, 4.69) is 45.7 Å². The molecular formula is C13H17Br2NO2S. The SMILES string of the molecule is CC(C)C1CCN(S(=O)(=O)c2cc(Br)ccc2Br)C1. The molecule has 0 saturated carbocycles. The number of halogens is 2. The molecule has 1 aromatic rings. The molecule has 0 radical (unpaired) electrons. The summed E-state index contributed by atoms with van der Waals surface area (Å²) in [6.07, 6.45) is 0.947. The van der Waals surface area contributed by atoms with E-state index in [0.29, 0.717) is 34.3 Å². The van der Waals surface area contributed by atoms with Crippen molar-refractivity contribution in [2.45, 2.75) is 25.2 Å². The average Bonchev–Trinajstić information content (AvgIpc) is 2.82. The van der Waals surface area contributed by atoms with Crippen molar-refractivity contribution < 1.29 is 8.42 Å². The van der Waals surface area contributed by atoms with Crippen LogP contribution in [0.4, 0.5) is 0 Å². The molecule has 0 spiro atoms. The fraction of sp³-hybridized carbons (Fsp3) is 0.538. The Labute approximate surface area is 131 Å². The molecule has 0 bridgehead atoms. The molecule has 19 heavy (non-hydrogen) atoms. The third-order valence-electron chi connectivity index (χ3n) is 3.64. The lowest BCUT2D eigenvalue weighted by atomic mass is 9.96. The lowest BCUT2D eigenvalue weighted by Gasteiger charge is -2.19. The first-order chi connectivity index (χ1) is 8.82. The summed E-state index contributed by atoms with van der Waals surface area (Å²) in [5, 5.41) is 0. The second kappa shape index (κ2) is 5.84. The fourth-order valence-corrected chi connectivity index (χ4v) is 5.31. The number of hydrogen-bond donors (Lipinski definition) is 0. The lowest BCUT2D eigenvalue weighted by molar-refractivity contribution is 0.388. The molecule has 0 aromatic heterocycles. The van der Waals surface area contributed by atoms with Crippen molar-refractivity contribution in [3.63, 3.8) is 0 Å². The summed E-state index contributed by atoms with van der Waals surface area (Å²) in [4.78, 5) is 0.339. The first-order valence-electron chi connectivity index (χ1n) is 6.27. The van der Waals surface area contributed by atoms with Crippen molar-refractivity contribution in [1.82, 2.24) is 4.31 Å². The van der Waals surface area contributed by atoms with Gasteiger partial charge in [0.15, 0.2) is 0 Å². The molecular weight excluding hydrogens is 394 g/mol. The van der Waals surface area contributed by atoms with Crippen molar-refractivity contribution in [3.8, 4) is 0 Å². The van der Waals surface area contributed by atoms with Crippen LogP contribution in [-0.2, 0) is 10.0 Å². The van der Waals surface area contributed by atoms with E-state index in [1.165, 1.54) is 0 Å². The molecule has 1 heterocycles. The molecule has 1 unspecified atom stereocenters. The van der Waals surface area contributed by atoms with Gasteiger partial charge in [0.25, 0.3) is 0 Å². The van der Waals surface area contributed by atoms with Gasteiger partial charge in [0.05, 0.1) is 4.90 Å². The first kappa shape index (κ1) is 15.5. The van der Waals surface area contributed by atoms with E-state index in [1.807, 2.05) is 6.07 Å². The lowest BCUT2D eigenvalue weighted by Crippen LogP contribution is -2.29. The van der Waals surface area contributed by atoms with E-state index in [1.54, 1.807) is 16.4 Å². The maximum absolute atomic E-state index is 12.7. The van der Waals surface area contributed by atoms with Crippen LogP contribution in [0.15, 0.2) is 32.0 Å². The molecule has 2 rings (SSSR count). The third-order valence-corrected chi connectivity index (χ3v) is 6.99. The molecule has 1 aromatic carbocycles. The highest BCUT2D eigenvalue weighted by atomic mass is 79.9. The third kappa shape index (κ3) is 3.23. The van der Waals surface area contributed by atoms with Gasteiger partial charge in [-0.2, -0.15) is 4.31 Å². The van der Waals surface area contributed by atoms with Crippen LogP contribution in [0, 0.1) is 11.8 Å². The number of hydrogen-bond acceptors (Lipinski definition) is 2. The molecule has 3 nitrogen and oxygen atoms in total. The molecule has 1 saturated heterocycles. The highest BCUT2D eigenvalue weighted by molar-refractivity contribution is 9.11. The Morgan fingerprint density at radius 2 is 2.00 bits per heavy atom. The summed E-state index contributed by atoms with van der Waals surface area (Å²) in [6.45, 7) is 5.54. The summed E-state index contributed by atoms with van der Waals surface area (Å²) in [7, 11) is -3.40. The summed E-state index contributed by atoms with van der Waals surface area (Å²) in [6, 6.07) is 5.24. The second-order valence-corrected chi connectivity index (χ2v) is 8.91. The van der Waals surface area contributed by atoms with Gasteiger partial charge in [-0.1, -0.05) is 29.8 Å². The van der Waals surface area contributed by atoms with Crippen molar-refractivity contribution in [2.24, 2.45) is 11.8 Å². The number of nitrogens with zero attached hydrogens (tertiary/aromatic N) is 1. The molecule has 0 amide bonds. The van der Waals surface area contributed by atoms with Gasteiger partial charge in [0.2, 0.25) is 10.0 Å². The van der Waals surface area contributed by atoms with Gasteiger partial charge in [-0.15, -0.1) is 0 Å². The predicted octanol–water partition coefficient (Wildman–Crippen LogP) is 3.88. The molecule has 6 heteroatoms. The average molecular weight is 411 g/mol. The minimum Gasteiger partial charge on any atom is -0.207 e. The molecule has 1 fully saturated rings. The van der Waals surface area contributed by atoms with Crippen LogP contribution >= 0.6 is 31.9 Å². The second-order valence-electron chi connectivity index (χ2n) is 5.23. The Hall–Kier alpha value is 0.0900. The number of sulfonamides is 1. The van der Waals surface area contributed by atoms with Gasteiger partial charge in [0, 0.05) is 22.0 Å². The van der Waals surface area contributed by atoms with Gasteiger partial charge in [0.1, 0.15) is 0 Å². The van der Waals surface area contributed by atoms with Crippen molar-refractivity contribution >= 4 is 41.9 Å². The van der Waals surface area contributed by atoms with E-state index in [4.69, 9.17) is 0 Å². The van der Waals surface area contributed by atoms with Crippen molar-refractivity contribution in [3.05, 3.63) is 27.1 Å². The van der Waals surface area contributed by atoms with E-state index < -0.39 is 10.0 Å². The normalized spacial score (nSPS) is 21.2. The largest absolute Gasteiger partial charge is 0.244 e. The maximum atomic E-state index is 12.7. The van der Waals surface area contributed by atoms with Crippen LogP contribution in [0.5, 0.6) is 0 Å². The first-order valence-corrected chi connectivity index (χ1v) is 9.30. The van der Waals surface area contributed by atoms with Crippen molar-refractivity contribution in [2.75, 3.05) is 13.1 Å². The zero-order chi connectivity index (χ0) is 14.2. The topological polar surface area (TPSA) is 37.4 Å². The maximum Gasteiger partial charge on any atom is 0.244 e. The number of rotatable bonds is 3. The Bertz CT molecular complexity index is 572. The van der Waals surface area contributed by atoms with Crippen molar-refractivity contribution in [1.29, 1.82) is 0 Å². The van der Waals surface area contributed by atoms with Crippen LogP contribution in [0.3, 0.4) is 0 Å². The predicted molar refractivity (Wildman–Crippen MR) is 83.5 cm³/mol. The van der Waals surface area contributed by atoms with Crippen LogP contribution in [0.1, 0.15) is 20.3 Å². The van der Waals surface area contributed by atoms with Gasteiger partial charge in [-0.05, 0) is 52.4 Å². The summed E-state index contributed by atoms with van der Waals surface area (Å²) < 4.78 is 28.3. The smallest absolute Gasteiger partial charge is 0.207 e. The van der Waals surface area contributed by atoms with E-state index in [-0.39, 0.29) is 0 Å². The van der Waals surface area contributed by atoms with Gasteiger partial charge >= 0.3 is 0 Å². The Kier molecular flexibility index (Phi) is 4.75. The molecule has 1 aliphatic rings. The van der Waals surface area contributed by atoms with Crippen LogP contribution < -0.4 is 0 Å². The summed E-state index contributed by atoms with van der Waals surface area (Å²) in [5.41, 5.74) is 0. The molecule has 0 N–H and O–H groups in total. The highest BCUT2D eigenvalue weighted by Gasteiger charge is 2.34. The monoisotopic (exact) mass is 409 g/mol. The van der Waals surface area contributed by atoms with Gasteiger partial charge in [-0.25, -0.2) is 8.42 Å². The van der Waals surface area contributed by atoms with Crippen LogP contribution in [0.25, 0.3) is 0 Å². The molecule has 0 aliphatic carbocycles. The van der Waals surface area contributed by atoms with E-state index in [0.717, 1.165) is 10.9 Å². The Morgan fingerprint density at radius 3 is 2.58 bits per heavy atom. The van der Waals surface area contributed by atoms with Gasteiger partial charge < -0.3 is 0 Å². The zero-order valence-corrected chi connectivity index (χ0v) is 14.9. The van der Waals surface area contributed by atoms with E-state index >= 15 is 0 Å². The van der Waals surface area contributed by atoms with E-state index in [9.17, 15) is 8.42 Å². The zero-order valence-electron chi connectivity index (χ0n) is 10.9.